The van der Waals surface area contributed by atoms with Gasteiger partial charge in [-0.1, -0.05) is 30.3 Å². The lowest BCUT2D eigenvalue weighted by Gasteiger charge is -2.35. The molecule has 0 radical (unpaired) electrons. The minimum atomic E-state index is -0.984. The molecule has 1 atom stereocenters. The zero-order valence-electron chi connectivity index (χ0n) is 16.8. The van der Waals surface area contributed by atoms with Crippen LogP contribution in [0.5, 0.6) is 5.75 Å². The minimum Gasteiger partial charge on any atom is -0.494 e. The number of piperazine rings is 1. The molecule has 30 heavy (non-hydrogen) atoms. The molecule has 1 fully saturated rings. The molecule has 1 unspecified atom stereocenters. The molecule has 160 valence electrons. The quantitative estimate of drug-likeness (QED) is 0.692. The van der Waals surface area contributed by atoms with Gasteiger partial charge in [0.1, 0.15) is 5.75 Å². The van der Waals surface area contributed by atoms with E-state index in [0.29, 0.717) is 26.2 Å². The summed E-state index contributed by atoms with van der Waals surface area (Å²) >= 11 is 0. The first-order valence-corrected chi connectivity index (χ1v) is 9.91. The Morgan fingerprint density at radius 2 is 1.97 bits per heavy atom. The molecule has 1 heterocycles. The number of halogens is 2. The SMILES string of the molecule is CCOc1ccccc1CN1CCNC(=O)C1CC(=O)NCc1cccc(F)c1F. The van der Waals surface area contributed by atoms with Crippen molar-refractivity contribution in [2.45, 2.75) is 32.5 Å². The number of hydrogen-bond acceptors (Lipinski definition) is 4. The summed E-state index contributed by atoms with van der Waals surface area (Å²) in [6.07, 6.45) is -0.0838. The molecule has 2 aromatic carbocycles. The molecule has 0 aromatic heterocycles. The summed E-state index contributed by atoms with van der Waals surface area (Å²) in [5.41, 5.74) is 0.986. The van der Waals surface area contributed by atoms with Crippen LogP contribution >= 0.6 is 0 Å². The largest absolute Gasteiger partial charge is 0.494 e. The predicted octanol–water partition coefficient (Wildman–Crippen LogP) is 2.37. The number of nitrogens with one attached hydrogen (secondary N) is 2. The number of nitrogens with zero attached hydrogens (tertiary/aromatic N) is 1. The van der Waals surface area contributed by atoms with Gasteiger partial charge in [0.25, 0.3) is 0 Å². The highest BCUT2D eigenvalue weighted by Gasteiger charge is 2.32. The van der Waals surface area contributed by atoms with E-state index in [0.717, 1.165) is 17.4 Å². The van der Waals surface area contributed by atoms with Crippen LogP contribution in [0.3, 0.4) is 0 Å². The molecule has 2 amide bonds. The summed E-state index contributed by atoms with van der Waals surface area (Å²) in [6, 6.07) is 10.7. The maximum absolute atomic E-state index is 13.8. The first kappa shape index (κ1) is 21.7. The highest BCUT2D eigenvalue weighted by Crippen LogP contribution is 2.22. The Kier molecular flexibility index (Phi) is 7.35. The lowest BCUT2D eigenvalue weighted by molar-refractivity contribution is -0.134. The molecule has 2 aromatic rings. The Morgan fingerprint density at radius 1 is 1.20 bits per heavy atom. The smallest absolute Gasteiger partial charge is 0.237 e. The molecule has 8 heteroatoms. The van der Waals surface area contributed by atoms with Crippen molar-refractivity contribution in [1.29, 1.82) is 0 Å². The molecule has 1 aliphatic rings. The molecule has 1 saturated heterocycles. The highest BCUT2D eigenvalue weighted by atomic mass is 19.2. The Morgan fingerprint density at radius 3 is 2.77 bits per heavy atom. The van der Waals surface area contributed by atoms with Gasteiger partial charge >= 0.3 is 0 Å². The third-order valence-electron chi connectivity index (χ3n) is 4.97. The van der Waals surface area contributed by atoms with Crippen molar-refractivity contribution in [1.82, 2.24) is 15.5 Å². The zero-order chi connectivity index (χ0) is 21.5. The first-order chi connectivity index (χ1) is 14.5. The van der Waals surface area contributed by atoms with Crippen LogP contribution in [0.15, 0.2) is 42.5 Å². The summed E-state index contributed by atoms with van der Waals surface area (Å²) in [5, 5.41) is 5.36. The fourth-order valence-corrected chi connectivity index (χ4v) is 3.45. The van der Waals surface area contributed by atoms with Crippen LogP contribution < -0.4 is 15.4 Å². The van der Waals surface area contributed by atoms with Crippen LogP contribution in [-0.2, 0) is 22.7 Å². The fraction of sp³-hybridized carbons (Fsp3) is 0.364. The molecule has 0 spiro atoms. The maximum atomic E-state index is 13.8. The second-order valence-corrected chi connectivity index (χ2v) is 7.01. The number of hydrogen-bond donors (Lipinski definition) is 2. The maximum Gasteiger partial charge on any atom is 0.237 e. The second kappa shape index (κ2) is 10.2. The van der Waals surface area contributed by atoms with Crippen molar-refractivity contribution in [3.63, 3.8) is 0 Å². The topological polar surface area (TPSA) is 70.7 Å². The van der Waals surface area contributed by atoms with Crippen molar-refractivity contribution in [3.05, 3.63) is 65.2 Å². The molecular formula is C22H25F2N3O3. The van der Waals surface area contributed by atoms with Gasteiger partial charge in [-0.25, -0.2) is 8.78 Å². The Hall–Kier alpha value is -3.00. The van der Waals surface area contributed by atoms with Crippen molar-refractivity contribution < 1.29 is 23.1 Å². The van der Waals surface area contributed by atoms with Crippen LogP contribution in [-0.4, -0.2) is 42.5 Å². The number of carbonyl (C=O) groups is 2. The second-order valence-electron chi connectivity index (χ2n) is 7.01. The number of rotatable bonds is 8. The summed E-state index contributed by atoms with van der Waals surface area (Å²) < 4.78 is 32.7. The van der Waals surface area contributed by atoms with Crippen molar-refractivity contribution >= 4 is 11.8 Å². The van der Waals surface area contributed by atoms with Crippen LogP contribution in [0, 0.1) is 11.6 Å². The third kappa shape index (κ3) is 5.33. The number of benzene rings is 2. The van der Waals surface area contributed by atoms with Crippen molar-refractivity contribution in [2.75, 3.05) is 19.7 Å². The molecule has 3 rings (SSSR count). The minimum absolute atomic E-state index is 0.0546. The normalized spacial score (nSPS) is 16.8. The van der Waals surface area contributed by atoms with E-state index in [1.807, 2.05) is 36.1 Å². The summed E-state index contributed by atoms with van der Waals surface area (Å²) in [7, 11) is 0. The van der Waals surface area contributed by atoms with Crippen LogP contribution in [0.1, 0.15) is 24.5 Å². The van der Waals surface area contributed by atoms with E-state index in [9.17, 15) is 18.4 Å². The van der Waals surface area contributed by atoms with Gasteiger partial charge in [0, 0.05) is 37.3 Å². The highest BCUT2D eigenvalue weighted by molar-refractivity contribution is 5.88. The van der Waals surface area contributed by atoms with Gasteiger partial charge in [0.05, 0.1) is 19.1 Å². The number of carbonyl (C=O) groups excluding carboxylic acids is 2. The lowest BCUT2D eigenvalue weighted by Crippen LogP contribution is -2.56. The summed E-state index contributed by atoms with van der Waals surface area (Å²) in [6.45, 7) is 3.81. The van der Waals surface area contributed by atoms with Gasteiger partial charge < -0.3 is 15.4 Å². The molecule has 6 nitrogen and oxygen atoms in total. The summed E-state index contributed by atoms with van der Waals surface area (Å²) in [4.78, 5) is 26.8. The molecule has 1 aliphatic heterocycles. The lowest BCUT2D eigenvalue weighted by atomic mass is 10.1. The average Bonchev–Trinajstić information content (AvgIpc) is 2.73. The van der Waals surface area contributed by atoms with Gasteiger partial charge in [-0.3, -0.25) is 14.5 Å². The van der Waals surface area contributed by atoms with Crippen LogP contribution in [0.25, 0.3) is 0 Å². The predicted molar refractivity (Wildman–Crippen MR) is 108 cm³/mol. The summed E-state index contributed by atoms with van der Waals surface area (Å²) in [5.74, 6) is -1.85. The van der Waals surface area contributed by atoms with E-state index >= 15 is 0 Å². The van der Waals surface area contributed by atoms with E-state index in [2.05, 4.69) is 10.6 Å². The van der Waals surface area contributed by atoms with Crippen molar-refractivity contribution in [2.24, 2.45) is 0 Å². The number of ether oxygens (including phenoxy) is 1. The van der Waals surface area contributed by atoms with E-state index in [1.165, 1.54) is 12.1 Å². The number of para-hydroxylation sites is 1. The van der Waals surface area contributed by atoms with E-state index < -0.39 is 23.6 Å². The molecule has 0 saturated carbocycles. The Balaban J connectivity index is 1.65. The van der Waals surface area contributed by atoms with Gasteiger partial charge in [0.2, 0.25) is 11.8 Å². The third-order valence-corrected chi connectivity index (χ3v) is 4.97. The number of amides is 2. The Bertz CT molecular complexity index is 907. The van der Waals surface area contributed by atoms with Gasteiger partial charge in [-0.15, -0.1) is 0 Å². The molecule has 2 N–H and O–H groups in total. The van der Waals surface area contributed by atoms with Gasteiger partial charge in [-0.05, 0) is 19.1 Å². The Labute approximate surface area is 174 Å². The van der Waals surface area contributed by atoms with Gasteiger partial charge in [-0.2, -0.15) is 0 Å². The monoisotopic (exact) mass is 417 g/mol. The standard InChI is InChI=1S/C22H25F2N3O3/c1-2-30-19-9-4-3-6-16(19)14-27-11-10-25-22(29)18(27)12-20(28)26-13-15-7-5-8-17(23)21(15)24/h3-9,18H,2,10-14H2,1H3,(H,25,29)(H,26,28). The zero-order valence-corrected chi connectivity index (χ0v) is 16.8. The van der Waals surface area contributed by atoms with Crippen LogP contribution in [0.2, 0.25) is 0 Å². The molecule has 0 bridgehead atoms. The molecular weight excluding hydrogens is 392 g/mol. The van der Waals surface area contributed by atoms with E-state index in [-0.39, 0.29) is 24.4 Å². The molecule has 0 aliphatic carbocycles. The average molecular weight is 417 g/mol. The first-order valence-electron chi connectivity index (χ1n) is 9.91. The van der Waals surface area contributed by atoms with E-state index in [1.54, 1.807) is 0 Å². The van der Waals surface area contributed by atoms with E-state index in [4.69, 9.17) is 4.74 Å². The van der Waals surface area contributed by atoms with Crippen LogP contribution in [0.4, 0.5) is 8.78 Å². The van der Waals surface area contributed by atoms with Crippen molar-refractivity contribution in [3.8, 4) is 5.75 Å². The van der Waals surface area contributed by atoms with Gasteiger partial charge in [0.15, 0.2) is 11.6 Å². The fourth-order valence-electron chi connectivity index (χ4n) is 3.45.